The fourth-order valence-corrected chi connectivity index (χ4v) is 4.08. The number of hydrogen-bond donors (Lipinski definition) is 1. The van der Waals surface area contributed by atoms with Crippen molar-refractivity contribution in [3.63, 3.8) is 0 Å². The van der Waals surface area contributed by atoms with Crippen LogP contribution in [0.1, 0.15) is 42.2 Å². The smallest absolute Gasteiger partial charge is 0.140 e. The van der Waals surface area contributed by atoms with Crippen LogP contribution in [0, 0.1) is 0 Å². The van der Waals surface area contributed by atoms with E-state index in [1.807, 2.05) is 7.05 Å². The highest BCUT2D eigenvalue weighted by Crippen LogP contribution is 2.36. The van der Waals surface area contributed by atoms with Crippen LogP contribution < -0.4 is 10.1 Å². The van der Waals surface area contributed by atoms with Gasteiger partial charge in [0.25, 0.3) is 0 Å². The van der Waals surface area contributed by atoms with Crippen molar-refractivity contribution in [3.8, 4) is 5.75 Å². The van der Waals surface area contributed by atoms with Gasteiger partial charge >= 0.3 is 0 Å². The molecule has 3 aromatic rings. The fraction of sp³-hybridized carbons (Fsp3) is 0.280. The molecule has 3 heteroatoms. The summed E-state index contributed by atoms with van der Waals surface area (Å²) in [4.78, 5) is 0. The van der Waals surface area contributed by atoms with Gasteiger partial charge in [0, 0.05) is 5.41 Å². The Balaban J connectivity index is 0.00000225. The summed E-state index contributed by atoms with van der Waals surface area (Å²) in [6.45, 7) is 4.53. The summed E-state index contributed by atoms with van der Waals surface area (Å²) in [6, 6.07) is 28.1. The summed E-state index contributed by atoms with van der Waals surface area (Å²) < 4.78 is 6.42. The van der Waals surface area contributed by atoms with Gasteiger partial charge in [0.2, 0.25) is 0 Å². The molecule has 0 saturated heterocycles. The maximum atomic E-state index is 6.42. The van der Waals surface area contributed by atoms with E-state index in [0.29, 0.717) is 6.04 Å². The Labute approximate surface area is 174 Å². The predicted molar refractivity (Wildman–Crippen MR) is 119 cm³/mol. The SMILES string of the molecule is CN[C@H]1Cc2ccccc2[C@H]1Oc1ccc(C(C)(C)c2ccccc2)cc1.Cl. The first kappa shape index (κ1) is 20.4. The number of ether oxygens (including phenoxy) is 1. The number of nitrogens with one attached hydrogen (secondary N) is 1. The monoisotopic (exact) mass is 393 g/mol. The van der Waals surface area contributed by atoms with Crippen LogP contribution in [0.15, 0.2) is 78.9 Å². The van der Waals surface area contributed by atoms with Gasteiger partial charge in [0.15, 0.2) is 0 Å². The van der Waals surface area contributed by atoms with Gasteiger partial charge in [-0.05, 0) is 47.9 Å². The van der Waals surface area contributed by atoms with Gasteiger partial charge in [-0.25, -0.2) is 0 Å². The molecule has 0 heterocycles. The summed E-state index contributed by atoms with van der Waals surface area (Å²) in [7, 11) is 2.01. The van der Waals surface area contributed by atoms with E-state index < -0.39 is 0 Å². The van der Waals surface area contributed by atoms with Crippen LogP contribution in [0.2, 0.25) is 0 Å². The van der Waals surface area contributed by atoms with Crippen molar-refractivity contribution >= 4 is 12.4 Å². The van der Waals surface area contributed by atoms with E-state index in [0.717, 1.165) is 12.2 Å². The second-order valence-electron chi connectivity index (χ2n) is 7.85. The van der Waals surface area contributed by atoms with Gasteiger partial charge in [0.1, 0.15) is 11.9 Å². The van der Waals surface area contributed by atoms with Crippen molar-refractivity contribution < 1.29 is 4.74 Å². The van der Waals surface area contributed by atoms with Gasteiger partial charge in [-0.15, -0.1) is 12.4 Å². The first-order chi connectivity index (χ1) is 13.1. The molecular weight excluding hydrogens is 366 g/mol. The molecule has 0 saturated carbocycles. The zero-order valence-electron chi connectivity index (χ0n) is 16.7. The van der Waals surface area contributed by atoms with Crippen molar-refractivity contribution in [2.75, 3.05) is 7.05 Å². The lowest BCUT2D eigenvalue weighted by Gasteiger charge is -2.27. The number of likely N-dealkylation sites (N-methyl/N-ethyl adjacent to an activating group) is 1. The van der Waals surface area contributed by atoms with Crippen LogP contribution in [0.3, 0.4) is 0 Å². The topological polar surface area (TPSA) is 21.3 Å². The summed E-state index contributed by atoms with van der Waals surface area (Å²) >= 11 is 0. The van der Waals surface area contributed by atoms with Gasteiger partial charge in [-0.2, -0.15) is 0 Å². The Morgan fingerprint density at radius 3 is 2.11 bits per heavy atom. The molecule has 0 aliphatic heterocycles. The lowest BCUT2D eigenvalue weighted by molar-refractivity contribution is 0.172. The second-order valence-corrected chi connectivity index (χ2v) is 7.85. The second kappa shape index (κ2) is 8.38. The minimum absolute atomic E-state index is 0. The Hall–Kier alpha value is -2.29. The van der Waals surface area contributed by atoms with Crippen molar-refractivity contribution in [2.45, 2.75) is 37.8 Å². The third kappa shape index (κ3) is 3.80. The molecule has 0 unspecified atom stereocenters. The largest absolute Gasteiger partial charge is 0.484 e. The maximum Gasteiger partial charge on any atom is 0.140 e. The highest BCUT2D eigenvalue weighted by atomic mass is 35.5. The number of halogens is 1. The van der Waals surface area contributed by atoms with Crippen molar-refractivity contribution in [3.05, 3.63) is 101 Å². The molecular formula is C25H28ClNO. The van der Waals surface area contributed by atoms with E-state index >= 15 is 0 Å². The Kier molecular flexibility index (Phi) is 6.12. The number of fused-ring (bicyclic) bond motifs is 1. The van der Waals surface area contributed by atoms with Crippen LogP contribution in [0.5, 0.6) is 5.75 Å². The third-order valence-electron chi connectivity index (χ3n) is 5.87. The molecule has 0 amide bonds. The summed E-state index contributed by atoms with van der Waals surface area (Å²) in [5.74, 6) is 0.921. The van der Waals surface area contributed by atoms with E-state index in [9.17, 15) is 0 Å². The van der Waals surface area contributed by atoms with Crippen LogP contribution in [0.25, 0.3) is 0 Å². The Morgan fingerprint density at radius 2 is 1.43 bits per heavy atom. The zero-order chi connectivity index (χ0) is 18.9. The number of benzene rings is 3. The van der Waals surface area contributed by atoms with E-state index in [1.165, 1.54) is 22.3 Å². The molecule has 1 N–H and O–H groups in total. The third-order valence-corrected chi connectivity index (χ3v) is 5.87. The van der Waals surface area contributed by atoms with Crippen molar-refractivity contribution in [2.24, 2.45) is 0 Å². The Bertz CT molecular complexity index is 905. The molecule has 0 bridgehead atoms. The maximum absolute atomic E-state index is 6.42. The molecule has 146 valence electrons. The van der Waals surface area contributed by atoms with E-state index in [-0.39, 0.29) is 23.9 Å². The molecule has 3 aromatic carbocycles. The molecule has 28 heavy (non-hydrogen) atoms. The van der Waals surface area contributed by atoms with E-state index in [4.69, 9.17) is 4.74 Å². The van der Waals surface area contributed by atoms with Gasteiger partial charge in [0.05, 0.1) is 6.04 Å². The molecule has 0 radical (unpaired) electrons. The summed E-state index contributed by atoms with van der Waals surface area (Å²) in [6.07, 6.45) is 1.07. The minimum atomic E-state index is -0.0345. The average Bonchev–Trinajstić information content (AvgIpc) is 3.07. The molecule has 0 fully saturated rings. The minimum Gasteiger partial charge on any atom is -0.484 e. The lowest BCUT2D eigenvalue weighted by atomic mass is 9.78. The summed E-state index contributed by atoms with van der Waals surface area (Å²) in [5.41, 5.74) is 5.25. The van der Waals surface area contributed by atoms with Crippen LogP contribution in [-0.2, 0) is 11.8 Å². The van der Waals surface area contributed by atoms with Gasteiger partial charge in [-0.1, -0.05) is 80.6 Å². The van der Waals surface area contributed by atoms with Crippen molar-refractivity contribution in [1.29, 1.82) is 0 Å². The van der Waals surface area contributed by atoms with Crippen LogP contribution in [-0.4, -0.2) is 13.1 Å². The molecule has 2 nitrogen and oxygen atoms in total. The number of rotatable bonds is 5. The molecule has 0 aromatic heterocycles. The molecule has 2 atom stereocenters. The zero-order valence-corrected chi connectivity index (χ0v) is 17.5. The summed E-state index contributed by atoms with van der Waals surface area (Å²) in [5, 5.41) is 3.41. The van der Waals surface area contributed by atoms with Crippen LogP contribution in [0.4, 0.5) is 0 Å². The molecule has 1 aliphatic rings. The number of hydrogen-bond acceptors (Lipinski definition) is 2. The fourth-order valence-electron chi connectivity index (χ4n) is 4.08. The van der Waals surface area contributed by atoms with Crippen LogP contribution >= 0.6 is 12.4 Å². The molecule has 0 spiro atoms. The van der Waals surface area contributed by atoms with Gasteiger partial charge in [-0.3, -0.25) is 0 Å². The van der Waals surface area contributed by atoms with Crippen molar-refractivity contribution in [1.82, 2.24) is 5.32 Å². The quantitative estimate of drug-likeness (QED) is 0.600. The highest BCUT2D eigenvalue weighted by molar-refractivity contribution is 5.85. The standard InChI is InChI=1S/C25H27NO.ClH/c1-25(2,19-10-5-4-6-11-19)20-13-15-21(16-14-20)27-24-22-12-8-7-9-18(22)17-23(24)26-3;/h4-16,23-24,26H,17H2,1-3H3;1H/t23-,24+;/m0./s1. The van der Waals surface area contributed by atoms with Gasteiger partial charge < -0.3 is 10.1 Å². The Morgan fingerprint density at radius 1 is 0.821 bits per heavy atom. The average molecular weight is 394 g/mol. The lowest BCUT2D eigenvalue weighted by Crippen LogP contribution is -2.32. The highest BCUT2D eigenvalue weighted by Gasteiger charge is 2.33. The first-order valence-electron chi connectivity index (χ1n) is 9.67. The predicted octanol–water partition coefficient (Wildman–Crippen LogP) is 5.70. The normalized spacial score (nSPS) is 18.2. The molecule has 4 rings (SSSR count). The van der Waals surface area contributed by atoms with E-state index in [2.05, 4.69) is 98.0 Å². The first-order valence-corrected chi connectivity index (χ1v) is 9.67. The van der Waals surface area contributed by atoms with E-state index in [1.54, 1.807) is 0 Å². The molecule has 1 aliphatic carbocycles.